The molecule has 154 valence electrons. The molecule has 3 aromatic rings. The fourth-order valence-electron chi connectivity index (χ4n) is 3.95. The Balaban J connectivity index is 1.46. The van der Waals surface area contributed by atoms with Crippen LogP contribution < -0.4 is 14.2 Å². The molecule has 1 heterocycles. The predicted molar refractivity (Wildman–Crippen MR) is 121 cm³/mol. The summed E-state index contributed by atoms with van der Waals surface area (Å²) in [7, 11) is 0. The molecule has 0 saturated carbocycles. The van der Waals surface area contributed by atoms with E-state index in [1.165, 1.54) is 27.8 Å². The van der Waals surface area contributed by atoms with Gasteiger partial charge in [0.2, 0.25) is 0 Å². The number of aryl methyl sites for hydroxylation is 3. The first-order chi connectivity index (χ1) is 14.5. The van der Waals surface area contributed by atoms with Crippen LogP contribution in [0.25, 0.3) is 6.08 Å². The van der Waals surface area contributed by atoms with Gasteiger partial charge in [0.1, 0.15) is 29.6 Å². The zero-order valence-electron chi connectivity index (χ0n) is 18.1. The summed E-state index contributed by atoms with van der Waals surface area (Å²) < 4.78 is 17.7. The third kappa shape index (κ3) is 4.51. The van der Waals surface area contributed by atoms with Crippen molar-refractivity contribution in [3.05, 3.63) is 93.7 Å². The maximum atomic E-state index is 6.12. The fourth-order valence-corrected chi connectivity index (χ4v) is 3.95. The van der Waals surface area contributed by atoms with E-state index in [1.807, 2.05) is 31.2 Å². The van der Waals surface area contributed by atoms with Crippen LogP contribution in [-0.2, 0) is 13.0 Å². The molecule has 0 unspecified atom stereocenters. The van der Waals surface area contributed by atoms with E-state index in [-0.39, 0.29) is 0 Å². The summed E-state index contributed by atoms with van der Waals surface area (Å²) in [5.74, 6) is 3.51. The molecule has 0 spiro atoms. The maximum Gasteiger partial charge on any atom is 0.134 e. The van der Waals surface area contributed by atoms with Crippen molar-refractivity contribution in [1.82, 2.24) is 0 Å². The van der Waals surface area contributed by atoms with Gasteiger partial charge in [0.25, 0.3) is 0 Å². The van der Waals surface area contributed by atoms with Gasteiger partial charge in [-0.05, 0) is 74.2 Å². The number of ether oxygens (including phenoxy) is 3. The molecule has 0 fully saturated rings. The minimum atomic E-state index is 0.570. The number of benzene rings is 3. The molecule has 0 aromatic heterocycles. The first kappa shape index (κ1) is 20.1. The summed E-state index contributed by atoms with van der Waals surface area (Å²) in [6.07, 6.45) is 2.87. The van der Waals surface area contributed by atoms with E-state index in [1.54, 1.807) is 0 Å². The van der Waals surface area contributed by atoms with Crippen LogP contribution >= 0.6 is 0 Å². The fraction of sp³-hybridized carbons (Fsp3) is 0.259. The Morgan fingerprint density at radius 2 is 1.67 bits per heavy atom. The number of hydrogen-bond donors (Lipinski definition) is 0. The molecule has 0 atom stereocenters. The third-order valence-electron chi connectivity index (χ3n) is 5.36. The monoisotopic (exact) mass is 400 g/mol. The number of rotatable bonds is 6. The van der Waals surface area contributed by atoms with Crippen LogP contribution in [0.2, 0.25) is 0 Å². The lowest BCUT2D eigenvalue weighted by atomic mass is 10.0. The second-order valence-electron chi connectivity index (χ2n) is 7.83. The van der Waals surface area contributed by atoms with Crippen LogP contribution in [0.5, 0.6) is 17.2 Å². The molecule has 0 bridgehead atoms. The Morgan fingerprint density at radius 3 is 2.43 bits per heavy atom. The SMILES string of the molecule is CCOc1ccc2c(c1)OC(=Cc1cccc(OCc3c(C)cc(C)cc3C)c1)C2. The van der Waals surface area contributed by atoms with Gasteiger partial charge >= 0.3 is 0 Å². The lowest BCUT2D eigenvalue weighted by molar-refractivity contribution is 0.304. The van der Waals surface area contributed by atoms with Crippen molar-refractivity contribution in [2.45, 2.75) is 40.7 Å². The van der Waals surface area contributed by atoms with E-state index in [0.29, 0.717) is 13.2 Å². The molecular formula is C27H28O3. The standard InChI is InChI=1S/C27H28O3/c1-5-28-24-10-9-22-15-25(30-27(22)16-24)14-21-7-6-8-23(13-21)29-17-26-19(3)11-18(2)12-20(26)4/h6-14,16H,5,15,17H2,1-4H3. The first-order valence-corrected chi connectivity index (χ1v) is 10.5. The van der Waals surface area contributed by atoms with Crippen LogP contribution in [0.1, 0.15) is 40.3 Å². The molecule has 30 heavy (non-hydrogen) atoms. The summed E-state index contributed by atoms with van der Waals surface area (Å²) >= 11 is 0. The van der Waals surface area contributed by atoms with Crippen molar-refractivity contribution >= 4 is 6.08 Å². The second-order valence-corrected chi connectivity index (χ2v) is 7.83. The molecule has 4 rings (SSSR count). The third-order valence-corrected chi connectivity index (χ3v) is 5.36. The summed E-state index contributed by atoms with van der Waals surface area (Å²) in [6, 6.07) is 18.6. The van der Waals surface area contributed by atoms with Gasteiger partial charge in [0.05, 0.1) is 6.61 Å². The first-order valence-electron chi connectivity index (χ1n) is 10.5. The van der Waals surface area contributed by atoms with Crippen molar-refractivity contribution in [1.29, 1.82) is 0 Å². The molecule has 1 aliphatic rings. The van der Waals surface area contributed by atoms with Crippen molar-refractivity contribution in [3.63, 3.8) is 0 Å². The number of hydrogen-bond acceptors (Lipinski definition) is 3. The highest BCUT2D eigenvalue weighted by atomic mass is 16.5. The molecule has 3 aromatic carbocycles. The zero-order chi connectivity index (χ0) is 21.1. The van der Waals surface area contributed by atoms with Crippen molar-refractivity contribution < 1.29 is 14.2 Å². The lowest BCUT2D eigenvalue weighted by Gasteiger charge is -2.13. The van der Waals surface area contributed by atoms with Gasteiger partial charge in [-0.3, -0.25) is 0 Å². The van der Waals surface area contributed by atoms with Crippen molar-refractivity contribution in [2.75, 3.05) is 6.61 Å². The van der Waals surface area contributed by atoms with Gasteiger partial charge in [0, 0.05) is 18.1 Å². The molecule has 3 nitrogen and oxygen atoms in total. The molecule has 0 saturated heterocycles. The van der Waals surface area contributed by atoms with Crippen LogP contribution in [0, 0.1) is 20.8 Å². The van der Waals surface area contributed by atoms with Crippen LogP contribution in [-0.4, -0.2) is 6.61 Å². The van der Waals surface area contributed by atoms with Gasteiger partial charge in [-0.2, -0.15) is 0 Å². The van der Waals surface area contributed by atoms with E-state index in [4.69, 9.17) is 14.2 Å². The summed E-state index contributed by atoms with van der Waals surface area (Å²) in [5, 5.41) is 0. The van der Waals surface area contributed by atoms with E-state index < -0.39 is 0 Å². The van der Waals surface area contributed by atoms with Gasteiger partial charge in [-0.25, -0.2) is 0 Å². The van der Waals surface area contributed by atoms with Gasteiger partial charge in [-0.1, -0.05) is 35.9 Å². The molecule has 1 aliphatic heterocycles. The highest BCUT2D eigenvalue weighted by molar-refractivity contribution is 5.58. The molecule has 0 N–H and O–H groups in total. The van der Waals surface area contributed by atoms with Gasteiger partial charge in [0.15, 0.2) is 0 Å². The van der Waals surface area contributed by atoms with E-state index in [0.717, 1.165) is 35.0 Å². The average molecular weight is 401 g/mol. The summed E-state index contributed by atoms with van der Waals surface area (Å²) in [4.78, 5) is 0. The Kier molecular flexibility index (Phi) is 5.80. The number of fused-ring (bicyclic) bond motifs is 1. The van der Waals surface area contributed by atoms with E-state index in [2.05, 4.69) is 57.2 Å². The predicted octanol–water partition coefficient (Wildman–Crippen LogP) is 6.57. The van der Waals surface area contributed by atoms with Gasteiger partial charge in [-0.15, -0.1) is 0 Å². The lowest BCUT2D eigenvalue weighted by Crippen LogP contribution is -2.01. The topological polar surface area (TPSA) is 27.7 Å². The van der Waals surface area contributed by atoms with Crippen molar-refractivity contribution in [2.24, 2.45) is 0 Å². The molecular weight excluding hydrogens is 372 g/mol. The zero-order valence-corrected chi connectivity index (χ0v) is 18.1. The van der Waals surface area contributed by atoms with Crippen molar-refractivity contribution in [3.8, 4) is 17.2 Å². The quantitative estimate of drug-likeness (QED) is 0.469. The summed E-state index contributed by atoms with van der Waals surface area (Å²) in [5.41, 5.74) is 7.33. The second kappa shape index (κ2) is 8.66. The summed E-state index contributed by atoms with van der Waals surface area (Å²) in [6.45, 7) is 9.62. The Morgan fingerprint density at radius 1 is 0.900 bits per heavy atom. The van der Waals surface area contributed by atoms with Crippen LogP contribution in [0.3, 0.4) is 0 Å². The Labute approximate surface area is 178 Å². The van der Waals surface area contributed by atoms with E-state index >= 15 is 0 Å². The van der Waals surface area contributed by atoms with E-state index in [9.17, 15) is 0 Å². The number of allylic oxidation sites excluding steroid dienone is 1. The normalized spacial score (nSPS) is 13.8. The van der Waals surface area contributed by atoms with Crippen LogP contribution in [0.4, 0.5) is 0 Å². The highest BCUT2D eigenvalue weighted by Crippen LogP contribution is 2.35. The molecule has 0 aliphatic carbocycles. The largest absolute Gasteiger partial charge is 0.494 e. The molecule has 3 heteroatoms. The molecule has 0 amide bonds. The minimum Gasteiger partial charge on any atom is -0.494 e. The van der Waals surface area contributed by atoms with Crippen LogP contribution in [0.15, 0.2) is 60.4 Å². The Hall–Kier alpha value is -3.20. The minimum absolute atomic E-state index is 0.570. The maximum absolute atomic E-state index is 6.12. The highest BCUT2D eigenvalue weighted by Gasteiger charge is 2.18. The average Bonchev–Trinajstić information content (AvgIpc) is 3.09. The Bertz CT molecular complexity index is 1070. The van der Waals surface area contributed by atoms with Gasteiger partial charge < -0.3 is 14.2 Å². The smallest absolute Gasteiger partial charge is 0.134 e. The molecule has 0 radical (unpaired) electrons.